The molecule has 9 heteroatoms. The number of rotatable bonds is 7. The molecule has 3 amide bonds. The first-order chi connectivity index (χ1) is 14.1. The summed E-state index contributed by atoms with van der Waals surface area (Å²) in [7, 11) is 0. The standard InChI is InChI=1S/C20H21N3O6/c24-9-3-8-21-19(26)20(27)23-15-5-2-1-4-14(15)18(25)22-11-13-6-7-16-17(10-13)29-12-28-16/h1-2,4-7,10,24H,3,8-9,11-12H2,(H,21,26)(H,22,25)(H,23,27). The second-order valence-corrected chi connectivity index (χ2v) is 6.20. The van der Waals surface area contributed by atoms with Crippen LogP contribution in [0.4, 0.5) is 5.69 Å². The topological polar surface area (TPSA) is 126 Å². The van der Waals surface area contributed by atoms with E-state index < -0.39 is 17.7 Å². The van der Waals surface area contributed by atoms with Crippen molar-refractivity contribution in [1.82, 2.24) is 10.6 Å². The van der Waals surface area contributed by atoms with Crippen LogP contribution in [0.5, 0.6) is 11.5 Å². The summed E-state index contributed by atoms with van der Waals surface area (Å²) in [6, 6.07) is 11.8. The molecule has 1 aliphatic rings. The second kappa shape index (κ2) is 9.56. The summed E-state index contributed by atoms with van der Waals surface area (Å²) in [5.41, 5.74) is 1.27. The van der Waals surface area contributed by atoms with Crippen molar-refractivity contribution >= 4 is 23.4 Å². The Balaban J connectivity index is 1.61. The number of anilines is 1. The molecule has 2 aromatic carbocycles. The molecule has 3 rings (SSSR count). The molecular formula is C20H21N3O6. The fourth-order valence-electron chi connectivity index (χ4n) is 2.66. The molecule has 0 spiro atoms. The Kier molecular flexibility index (Phi) is 6.64. The fraction of sp³-hybridized carbons (Fsp3) is 0.250. The minimum Gasteiger partial charge on any atom is -0.454 e. The van der Waals surface area contributed by atoms with Gasteiger partial charge in [0.15, 0.2) is 11.5 Å². The lowest BCUT2D eigenvalue weighted by Crippen LogP contribution is -2.36. The summed E-state index contributed by atoms with van der Waals surface area (Å²) in [5.74, 6) is -0.853. The van der Waals surface area contributed by atoms with Crippen LogP contribution in [0.25, 0.3) is 0 Å². The van der Waals surface area contributed by atoms with Crippen LogP contribution >= 0.6 is 0 Å². The van der Waals surface area contributed by atoms with E-state index in [0.29, 0.717) is 17.9 Å². The van der Waals surface area contributed by atoms with Gasteiger partial charge in [0.05, 0.1) is 11.3 Å². The van der Waals surface area contributed by atoms with Crippen LogP contribution < -0.4 is 25.4 Å². The molecule has 0 saturated heterocycles. The van der Waals surface area contributed by atoms with Crippen molar-refractivity contribution in [1.29, 1.82) is 0 Å². The van der Waals surface area contributed by atoms with E-state index in [4.69, 9.17) is 14.6 Å². The van der Waals surface area contributed by atoms with E-state index in [1.54, 1.807) is 30.3 Å². The van der Waals surface area contributed by atoms with Gasteiger partial charge in [0, 0.05) is 19.7 Å². The van der Waals surface area contributed by atoms with E-state index in [0.717, 1.165) is 5.56 Å². The Hall–Kier alpha value is -3.59. The summed E-state index contributed by atoms with van der Waals surface area (Å²) >= 11 is 0. The Bertz CT molecular complexity index is 915. The van der Waals surface area contributed by atoms with Gasteiger partial charge >= 0.3 is 11.8 Å². The summed E-state index contributed by atoms with van der Waals surface area (Å²) in [5, 5.41) is 16.3. The number of fused-ring (bicyclic) bond motifs is 1. The minimum absolute atomic E-state index is 0.0890. The number of ether oxygens (including phenoxy) is 2. The summed E-state index contributed by atoms with van der Waals surface area (Å²) in [6.07, 6.45) is 0.345. The van der Waals surface area contributed by atoms with Gasteiger partial charge in [0.2, 0.25) is 6.79 Å². The number of aliphatic hydroxyl groups excluding tert-OH is 1. The first-order valence-corrected chi connectivity index (χ1v) is 9.04. The average Bonchev–Trinajstić information content (AvgIpc) is 3.20. The predicted octanol–water partition coefficient (Wildman–Crippen LogP) is 0.782. The largest absolute Gasteiger partial charge is 0.454 e. The van der Waals surface area contributed by atoms with Gasteiger partial charge in [0.1, 0.15) is 0 Å². The number of para-hydroxylation sites is 1. The van der Waals surface area contributed by atoms with Crippen LogP contribution in [0.1, 0.15) is 22.3 Å². The number of carbonyl (C=O) groups excluding carboxylic acids is 3. The summed E-state index contributed by atoms with van der Waals surface area (Å²) < 4.78 is 10.6. The highest BCUT2D eigenvalue weighted by Crippen LogP contribution is 2.32. The van der Waals surface area contributed by atoms with E-state index in [1.165, 1.54) is 6.07 Å². The maximum Gasteiger partial charge on any atom is 0.313 e. The third-order valence-electron chi connectivity index (χ3n) is 4.14. The maximum atomic E-state index is 12.6. The lowest BCUT2D eigenvalue weighted by molar-refractivity contribution is -0.136. The molecule has 0 unspecified atom stereocenters. The van der Waals surface area contributed by atoms with E-state index >= 15 is 0 Å². The Labute approximate surface area is 167 Å². The van der Waals surface area contributed by atoms with Crippen LogP contribution in [0, 0.1) is 0 Å². The highest BCUT2D eigenvalue weighted by molar-refractivity contribution is 6.40. The zero-order valence-electron chi connectivity index (χ0n) is 15.6. The Morgan fingerprint density at radius 3 is 2.59 bits per heavy atom. The van der Waals surface area contributed by atoms with E-state index in [9.17, 15) is 14.4 Å². The second-order valence-electron chi connectivity index (χ2n) is 6.20. The molecule has 1 heterocycles. The predicted molar refractivity (Wildman–Crippen MR) is 104 cm³/mol. The number of hydrogen-bond donors (Lipinski definition) is 4. The molecule has 0 saturated carbocycles. The SMILES string of the molecule is O=C(NCCCO)C(=O)Nc1ccccc1C(=O)NCc1ccc2c(c1)OCO2. The van der Waals surface area contributed by atoms with E-state index in [1.807, 2.05) is 6.07 Å². The zero-order valence-corrected chi connectivity index (χ0v) is 15.6. The Morgan fingerprint density at radius 2 is 1.76 bits per heavy atom. The molecule has 0 fully saturated rings. The first-order valence-electron chi connectivity index (χ1n) is 9.04. The molecule has 0 bridgehead atoms. The molecule has 29 heavy (non-hydrogen) atoms. The van der Waals surface area contributed by atoms with Gasteiger partial charge in [-0.25, -0.2) is 0 Å². The quantitative estimate of drug-likeness (QED) is 0.403. The number of hydrogen-bond acceptors (Lipinski definition) is 6. The van der Waals surface area contributed by atoms with E-state index in [-0.39, 0.29) is 37.7 Å². The molecule has 1 aliphatic heterocycles. The van der Waals surface area contributed by atoms with Crippen LogP contribution in [0.2, 0.25) is 0 Å². The molecule has 2 aromatic rings. The summed E-state index contributed by atoms with van der Waals surface area (Å²) in [4.78, 5) is 36.4. The molecule has 9 nitrogen and oxygen atoms in total. The van der Waals surface area contributed by atoms with Crippen molar-refractivity contribution in [2.75, 3.05) is 25.3 Å². The molecule has 0 aliphatic carbocycles. The van der Waals surface area contributed by atoms with Gasteiger partial charge in [-0.15, -0.1) is 0 Å². The van der Waals surface area contributed by atoms with E-state index in [2.05, 4.69) is 16.0 Å². The molecule has 4 N–H and O–H groups in total. The summed E-state index contributed by atoms with van der Waals surface area (Å²) in [6.45, 7) is 0.514. The van der Waals surface area contributed by atoms with Gasteiger partial charge in [-0.1, -0.05) is 18.2 Å². The van der Waals surface area contributed by atoms with Gasteiger partial charge in [-0.2, -0.15) is 0 Å². The van der Waals surface area contributed by atoms with Crippen molar-refractivity contribution < 1.29 is 29.0 Å². The van der Waals surface area contributed by atoms with Crippen LogP contribution in [0.3, 0.4) is 0 Å². The smallest absolute Gasteiger partial charge is 0.313 e. The van der Waals surface area contributed by atoms with Gasteiger partial charge in [0.25, 0.3) is 5.91 Å². The van der Waals surface area contributed by atoms with Crippen molar-refractivity contribution in [2.45, 2.75) is 13.0 Å². The molecule has 0 aromatic heterocycles. The number of carbonyl (C=O) groups is 3. The van der Waals surface area contributed by atoms with Gasteiger partial charge in [-0.05, 0) is 36.2 Å². The molecule has 0 radical (unpaired) electrons. The van der Waals surface area contributed by atoms with Crippen molar-refractivity contribution in [3.8, 4) is 11.5 Å². The number of benzene rings is 2. The normalized spacial score (nSPS) is 11.6. The minimum atomic E-state index is -0.890. The van der Waals surface area contributed by atoms with Crippen LogP contribution in [0.15, 0.2) is 42.5 Å². The third-order valence-corrected chi connectivity index (χ3v) is 4.14. The van der Waals surface area contributed by atoms with Crippen molar-refractivity contribution in [3.63, 3.8) is 0 Å². The first kappa shape index (κ1) is 20.2. The maximum absolute atomic E-state index is 12.6. The van der Waals surface area contributed by atoms with Gasteiger partial charge in [-0.3, -0.25) is 14.4 Å². The lowest BCUT2D eigenvalue weighted by atomic mass is 10.1. The highest BCUT2D eigenvalue weighted by atomic mass is 16.7. The number of aliphatic hydroxyl groups is 1. The Morgan fingerprint density at radius 1 is 0.966 bits per heavy atom. The van der Waals surface area contributed by atoms with Crippen LogP contribution in [-0.2, 0) is 16.1 Å². The monoisotopic (exact) mass is 399 g/mol. The number of nitrogens with one attached hydrogen (secondary N) is 3. The zero-order chi connectivity index (χ0) is 20.6. The average molecular weight is 399 g/mol. The highest BCUT2D eigenvalue weighted by Gasteiger charge is 2.18. The van der Waals surface area contributed by atoms with Crippen molar-refractivity contribution in [3.05, 3.63) is 53.6 Å². The lowest BCUT2D eigenvalue weighted by Gasteiger charge is -2.12. The third kappa shape index (κ3) is 5.23. The van der Waals surface area contributed by atoms with Crippen LogP contribution in [-0.4, -0.2) is 42.8 Å². The molecule has 0 atom stereocenters. The number of amides is 3. The molecule has 152 valence electrons. The van der Waals surface area contributed by atoms with Gasteiger partial charge < -0.3 is 30.5 Å². The van der Waals surface area contributed by atoms with Crippen molar-refractivity contribution in [2.24, 2.45) is 0 Å². The molecular weight excluding hydrogens is 378 g/mol. The fourth-order valence-corrected chi connectivity index (χ4v) is 2.66.